The van der Waals surface area contributed by atoms with E-state index < -0.39 is 0 Å². The molecule has 0 radical (unpaired) electrons. The van der Waals surface area contributed by atoms with Crippen LogP contribution in [0.25, 0.3) is 0 Å². The van der Waals surface area contributed by atoms with Gasteiger partial charge in [0, 0.05) is 23.5 Å². The van der Waals surface area contributed by atoms with Crippen molar-refractivity contribution in [1.82, 2.24) is 9.88 Å². The van der Waals surface area contributed by atoms with E-state index in [0.29, 0.717) is 12.1 Å². The molecular formula is C17H26N2O. The molecule has 0 spiro atoms. The van der Waals surface area contributed by atoms with Crippen LogP contribution >= 0.6 is 0 Å². The van der Waals surface area contributed by atoms with Crippen LogP contribution in [0.15, 0.2) is 6.07 Å². The van der Waals surface area contributed by atoms with E-state index >= 15 is 0 Å². The van der Waals surface area contributed by atoms with Gasteiger partial charge < -0.3 is 9.88 Å². The van der Waals surface area contributed by atoms with Gasteiger partial charge in [-0.15, -0.1) is 0 Å². The Morgan fingerprint density at radius 2 is 1.75 bits per heavy atom. The zero-order valence-corrected chi connectivity index (χ0v) is 12.7. The molecule has 1 amide bonds. The number of aryl methyl sites for hydroxylation is 1. The standard InChI is InChI=1S/C17H26N2O/c1-12-11-16(13(2)19(12)15-9-10-15)17(20)18-14-7-5-3-4-6-8-14/h11,14-15H,3-10H2,1-2H3,(H,18,20). The SMILES string of the molecule is Cc1cc(C(=O)NC2CCCCCC2)c(C)n1C1CC1. The number of hydrogen-bond acceptors (Lipinski definition) is 1. The topological polar surface area (TPSA) is 34.0 Å². The van der Waals surface area contributed by atoms with Crippen LogP contribution in [-0.4, -0.2) is 16.5 Å². The van der Waals surface area contributed by atoms with Gasteiger partial charge in [-0.3, -0.25) is 4.79 Å². The Labute approximate surface area is 121 Å². The number of hydrogen-bond donors (Lipinski definition) is 1. The van der Waals surface area contributed by atoms with Gasteiger partial charge in [0.05, 0.1) is 5.56 Å². The second-order valence-corrected chi connectivity index (χ2v) is 6.55. The number of aromatic nitrogens is 1. The fourth-order valence-electron chi connectivity index (χ4n) is 3.59. The maximum atomic E-state index is 12.5. The molecule has 0 unspecified atom stereocenters. The average Bonchev–Trinajstić information content (AvgIpc) is 3.21. The summed E-state index contributed by atoms with van der Waals surface area (Å²) >= 11 is 0. The third kappa shape index (κ3) is 2.77. The maximum absolute atomic E-state index is 12.5. The van der Waals surface area contributed by atoms with Crippen molar-refractivity contribution < 1.29 is 4.79 Å². The summed E-state index contributed by atoms with van der Waals surface area (Å²) < 4.78 is 2.35. The lowest BCUT2D eigenvalue weighted by molar-refractivity contribution is 0.0932. The molecule has 3 heteroatoms. The zero-order valence-electron chi connectivity index (χ0n) is 12.7. The van der Waals surface area contributed by atoms with Crippen molar-refractivity contribution in [2.75, 3.05) is 0 Å². The number of carbonyl (C=O) groups excluding carboxylic acids is 1. The summed E-state index contributed by atoms with van der Waals surface area (Å²) in [5.41, 5.74) is 3.27. The molecule has 0 aliphatic heterocycles. The van der Waals surface area contributed by atoms with Gasteiger partial charge in [-0.1, -0.05) is 25.7 Å². The fourth-order valence-corrected chi connectivity index (χ4v) is 3.59. The molecule has 0 saturated heterocycles. The van der Waals surface area contributed by atoms with Gasteiger partial charge in [0.2, 0.25) is 0 Å². The first-order chi connectivity index (χ1) is 9.66. The minimum Gasteiger partial charge on any atom is -0.349 e. The Morgan fingerprint density at radius 1 is 1.10 bits per heavy atom. The second kappa shape index (κ2) is 5.63. The van der Waals surface area contributed by atoms with Crippen LogP contribution in [0.3, 0.4) is 0 Å². The second-order valence-electron chi connectivity index (χ2n) is 6.55. The molecular weight excluding hydrogens is 248 g/mol. The molecule has 1 N–H and O–H groups in total. The molecule has 1 aromatic heterocycles. The minimum atomic E-state index is 0.136. The maximum Gasteiger partial charge on any atom is 0.253 e. The summed E-state index contributed by atoms with van der Waals surface area (Å²) in [7, 11) is 0. The number of nitrogens with one attached hydrogen (secondary N) is 1. The normalized spacial score (nSPS) is 20.7. The molecule has 0 aromatic carbocycles. The summed E-state index contributed by atoms with van der Waals surface area (Å²) in [6, 6.07) is 3.10. The Morgan fingerprint density at radius 3 is 2.35 bits per heavy atom. The van der Waals surface area contributed by atoms with Crippen LogP contribution in [-0.2, 0) is 0 Å². The fraction of sp³-hybridized carbons (Fsp3) is 0.706. The Balaban J connectivity index is 1.71. The average molecular weight is 274 g/mol. The highest BCUT2D eigenvalue weighted by atomic mass is 16.1. The molecule has 1 aromatic rings. The molecule has 1 heterocycles. The molecule has 3 rings (SSSR count). The third-order valence-corrected chi connectivity index (χ3v) is 4.83. The molecule has 3 nitrogen and oxygen atoms in total. The predicted molar refractivity (Wildman–Crippen MR) is 81.1 cm³/mol. The molecule has 2 aliphatic carbocycles. The highest BCUT2D eigenvalue weighted by Crippen LogP contribution is 2.38. The molecule has 20 heavy (non-hydrogen) atoms. The van der Waals surface area contributed by atoms with Crippen molar-refractivity contribution in [2.45, 2.75) is 77.3 Å². The van der Waals surface area contributed by atoms with Crippen LogP contribution in [0.4, 0.5) is 0 Å². The van der Waals surface area contributed by atoms with Crippen LogP contribution in [0.5, 0.6) is 0 Å². The van der Waals surface area contributed by atoms with Crippen LogP contribution in [0.1, 0.15) is 79.2 Å². The molecule has 0 bridgehead atoms. The minimum absolute atomic E-state index is 0.136. The van der Waals surface area contributed by atoms with Crippen molar-refractivity contribution in [3.63, 3.8) is 0 Å². The summed E-state index contributed by atoms with van der Waals surface area (Å²) in [6.07, 6.45) is 9.98. The molecule has 2 aliphatic rings. The molecule has 110 valence electrons. The van der Waals surface area contributed by atoms with Crippen molar-refractivity contribution in [1.29, 1.82) is 0 Å². The first-order valence-electron chi connectivity index (χ1n) is 8.16. The number of amides is 1. The van der Waals surface area contributed by atoms with E-state index in [-0.39, 0.29) is 5.91 Å². The van der Waals surface area contributed by atoms with E-state index in [1.165, 1.54) is 44.2 Å². The molecule has 2 fully saturated rings. The van der Waals surface area contributed by atoms with Gasteiger partial charge >= 0.3 is 0 Å². The largest absolute Gasteiger partial charge is 0.349 e. The van der Waals surface area contributed by atoms with Crippen molar-refractivity contribution in [3.05, 3.63) is 23.0 Å². The van der Waals surface area contributed by atoms with Crippen LogP contribution in [0, 0.1) is 13.8 Å². The van der Waals surface area contributed by atoms with Gasteiger partial charge in [-0.25, -0.2) is 0 Å². The highest BCUT2D eigenvalue weighted by molar-refractivity contribution is 5.95. The third-order valence-electron chi connectivity index (χ3n) is 4.83. The van der Waals surface area contributed by atoms with E-state index in [4.69, 9.17) is 0 Å². The lowest BCUT2D eigenvalue weighted by Gasteiger charge is -2.16. The Kier molecular flexibility index (Phi) is 3.86. The number of rotatable bonds is 3. The lowest BCUT2D eigenvalue weighted by atomic mass is 10.1. The van der Waals surface area contributed by atoms with Gasteiger partial charge in [0.25, 0.3) is 5.91 Å². The van der Waals surface area contributed by atoms with Gasteiger partial charge in [-0.2, -0.15) is 0 Å². The smallest absolute Gasteiger partial charge is 0.253 e. The summed E-state index contributed by atoms with van der Waals surface area (Å²) in [5.74, 6) is 0.136. The number of nitrogens with zero attached hydrogens (tertiary/aromatic N) is 1. The van der Waals surface area contributed by atoms with E-state index in [0.717, 1.165) is 24.1 Å². The Hall–Kier alpha value is -1.25. The van der Waals surface area contributed by atoms with E-state index in [9.17, 15) is 4.79 Å². The summed E-state index contributed by atoms with van der Waals surface area (Å²) in [4.78, 5) is 12.5. The highest BCUT2D eigenvalue weighted by Gasteiger charge is 2.28. The van der Waals surface area contributed by atoms with E-state index in [1.807, 2.05) is 0 Å². The first-order valence-corrected chi connectivity index (χ1v) is 8.16. The van der Waals surface area contributed by atoms with Crippen molar-refractivity contribution in [2.24, 2.45) is 0 Å². The first kappa shape index (κ1) is 13.7. The van der Waals surface area contributed by atoms with E-state index in [2.05, 4.69) is 29.8 Å². The van der Waals surface area contributed by atoms with Crippen molar-refractivity contribution >= 4 is 5.91 Å². The van der Waals surface area contributed by atoms with Gasteiger partial charge in [0.1, 0.15) is 0 Å². The lowest BCUT2D eigenvalue weighted by Crippen LogP contribution is -2.34. The zero-order chi connectivity index (χ0) is 14.1. The van der Waals surface area contributed by atoms with E-state index in [1.54, 1.807) is 0 Å². The molecule has 2 saturated carbocycles. The number of carbonyl (C=O) groups is 1. The molecule has 0 atom stereocenters. The Bertz CT molecular complexity index is 491. The monoisotopic (exact) mass is 274 g/mol. The summed E-state index contributed by atoms with van der Waals surface area (Å²) in [6.45, 7) is 4.21. The van der Waals surface area contributed by atoms with Crippen LogP contribution in [0.2, 0.25) is 0 Å². The predicted octanol–water partition coefficient (Wildman–Crippen LogP) is 3.89. The quantitative estimate of drug-likeness (QED) is 0.834. The van der Waals surface area contributed by atoms with Crippen LogP contribution < -0.4 is 5.32 Å². The van der Waals surface area contributed by atoms with Gasteiger partial charge in [-0.05, 0) is 45.6 Å². The van der Waals surface area contributed by atoms with Gasteiger partial charge in [0.15, 0.2) is 0 Å². The van der Waals surface area contributed by atoms with Crippen molar-refractivity contribution in [3.8, 4) is 0 Å². The summed E-state index contributed by atoms with van der Waals surface area (Å²) in [5, 5.41) is 3.26.